The van der Waals surface area contributed by atoms with Crippen LogP contribution in [0.3, 0.4) is 0 Å². The maximum Gasteiger partial charge on any atom is 0.347 e. The minimum Gasteiger partial charge on any atom is -0.477 e. The number of carboxylic acid groups (broad SMARTS) is 1. The molecule has 2 aliphatic rings. The Morgan fingerprint density at radius 3 is 2.84 bits per heavy atom. The van der Waals surface area contributed by atoms with Gasteiger partial charge in [-0.3, -0.25) is 0 Å². The number of rotatable bonds is 3. The van der Waals surface area contributed by atoms with Gasteiger partial charge >= 0.3 is 5.97 Å². The Bertz CT molecular complexity index is 498. The van der Waals surface area contributed by atoms with Crippen LogP contribution in [0.4, 0.5) is 5.13 Å². The maximum absolute atomic E-state index is 11.3. The smallest absolute Gasteiger partial charge is 0.347 e. The van der Waals surface area contributed by atoms with Crippen molar-refractivity contribution in [3.05, 3.63) is 10.6 Å². The summed E-state index contributed by atoms with van der Waals surface area (Å²) >= 11 is 1.31. The number of hydrogen-bond donors (Lipinski definition) is 1. The molecule has 0 spiro atoms. The van der Waals surface area contributed by atoms with Gasteiger partial charge in [0, 0.05) is 12.5 Å². The fourth-order valence-electron chi connectivity index (χ4n) is 2.40. The first-order valence-electron chi connectivity index (χ1n) is 6.68. The van der Waals surface area contributed by atoms with Crippen LogP contribution in [0.25, 0.3) is 0 Å². The van der Waals surface area contributed by atoms with Crippen LogP contribution in [0.15, 0.2) is 0 Å². The predicted molar refractivity (Wildman–Crippen MR) is 73.3 cm³/mol. The van der Waals surface area contributed by atoms with Gasteiger partial charge in [-0.1, -0.05) is 11.3 Å². The van der Waals surface area contributed by atoms with E-state index < -0.39 is 5.97 Å². The van der Waals surface area contributed by atoms with Gasteiger partial charge in [0.25, 0.3) is 0 Å². The highest BCUT2D eigenvalue weighted by molar-refractivity contribution is 7.17. The molecule has 0 amide bonds. The molecular formula is C13H18N2O3S. The van der Waals surface area contributed by atoms with Crippen LogP contribution < -0.4 is 4.90 Å². The lowest BCUT2D eigenvalue weighted by molar-refractivity contribution is 0.0343. The van der Waals surface area contributed by atoms with Crippen molar-refractivity contribution >= 4 is 22.4 Å². The lowest BCUT2D eigenvalue weighted by atomic mass is 10.2. The average Bonchev–Trinajstić information content (AvgIpc) is 3.11. The zero-order chi connectivity index (χ0) is 13.6. The van der Waals surface area contributed by atoms with Crippen LogP contribution in [0, 0.1) is 0 Å². The zero-order valence-corrected chi connectivity index (χ0v) is 11.9. The molecule has 2 atom stereocenters. The second-order valence-electron chi connectivity index (χ2n) is 5.44. The van der Waals surface area contributed by atoms with Crippen molar-refractivity contribution < 1.29 is 14.6 Å². The van der Waals surface area contributed by atoms with Gasteiger partial charge in [0.05, 0.1) is 24.4 Å². The summed E-state index contributed by atoms with van der Waals surface area (Å²) in [5, 5.41) is 10.1. The van der Waals surface area contributed by atoms with Crippen LogP contribution in [-0.2, 0) is 4.74 Å². The van der Waals surface area contributed by atoms with E-state index in [1.165, 1.54) is 11.3 Å². The van der Waals surface area contributed by atoms with Crippen molar-refractivity contribution in [3.63, 3.8) is 0 Å². The van der Waals surface area contributed by atoms with Crippen LogP contribution in [0.2, 0.25) is 0 Å². The van der Waals surface area contributed by atoms with Gasteiger partial charge in [0.1, 0.15) is 4.88 Å². The molecule has 0 aromatic carbocycles. The number of anilines is 1. The standard InChI is InChI=1S/C13H18N2O3S/c1-7-6-18-8(2)5-15(7)13-14-10(9-3-4-9)11(19-13)12(16)17/h7-9H,3-6H2,1-2H3,(H,16,17). The van der Waals surface area contributed by atoms with E-state index in [0.29, 0.717) is 17.4 Å². The Labute approximate surface area is 116 Å². The quantitative estimate of drug-likeness (QED) is 0.922. The summed E-state index contributed by atoms with van der Waals surface area (Å²) < 4.78 is 5.60. The first kappa shape index (κ1) is 12.9. The van der Waals surface area contributed by atoms with E-state index in [0.717, 1.165) is 30.2 Å². The van der Waals surface area contributed by atoms with E-state index >= 15 is 0 Å². The third kappa shape index (κ3) is 2.47. The molecule has 1 saturated heterocycles. The Hall–Kier alpha value is -1.14. The lowest BCUT2D eigenvalue weighted by Gasteiger charge is -2.36. The van der Waals surface area contributed by atoms with E-state index in [1.807, 2.05) is 6.92 Å². The number of hydrogen-bond acceptors (Lipinski definition) is 5. The minimum absolute atomic E-state index is 0.165. The number of thiazole rings is 1. The molecule has 0 bridgehead atoms. The van der Waals surface area contributed by atoms with Gasteiger partial charge in [0.15, 0.2) is 5.13 Å². The summed E-state index contributed by atoms with van der Waals surface area (Å²) in [5.41, 5.74) is 0.791. The molecule has 19 heavy (non-hydrogen) atoms. The van der Waals surface area contributed by atoms with Gasteiger partial charge in [-0.15, -0.1) is 0 Å². The van der Waals surface area contributed by atoms with Crippen molar-refractivity contribution in [2.24, 2.45) is 0 Å². The van der Waals surface area contributed by atoms with Crippen LogP contribution in [0.5, 0.6) is 0 Å². The van der Waals surface area contributed by atoms with Crippen LogP contribution in [0.1, 0.15) is 48.0 Å². The third-order valence-electron chi connectivity index (χ3n) is 3.65. The molecule has 1 aromatic rings. The largest absolute Gasteiger partial charge is 0.477 e. The SMILES string of the molecule is CC1CN(c2nc(C3CC3)c(C(=O)O)s2)C(C)CO1. The van der Waals surface area contributed by atoms with E-state index in [1.54, 1.807) is 0 Å². The van der Waals surface area contributed by atoms with Gasteiger partial charge in [-0.25, -0.2) is 9.78 Å². The van der Waals surface area contributed by atoms with Gasteiger partial charge in [0.2, 0.25) is 0 Å². The van der Waals surface area contributed by atoms with Crippen LogP contribution >= 0.6 is 11.3 Å². The highest BCUT2D eigenvalue weighted by Crippen LogP contribution is 2.44. The summed E-state index contributed by atoms with van der Waals surface area (Å²) in [4.78, 5) is 18.5. The number of aromatic carboxylic acids is 1. The monoisotopic (exact) mass is 282 g/mol. The molecule has 1 aliphatic carbocycles. The average molecular weight is 282 g/mol. The summed E-state index contributed by atoms with van der Waals surface area (Å²) in [6, 6.07) is 0.246. The number of ether oxygens (including phenoxy) is 1. The zero-order valence-electron chi connectivity index (χ0n) is 11.1. The predicted octanol–water partition coefficient (Wildman–Crippen LogP) is 2.33. The van der Waals surface area contributed by atoms with Crippen molar-refractivity contribution in [3.8, 4) is 0 Å². The molecule has 1 saturated carbocycles. The van der Waals surface area contributed by atoms with E-state index in [-0.39, 0.29) is 12.1 Å². The minimum atomic E-state index is -0.848. The molecule has 1 aliphatic heterocycles. The second kappa shape index (κ2) is 4.76. The lowest BCUT2D eigenvalue weighted by Crippen LogP contribution is -2.47. The fraction of sp³-hybridized carbons (Fsp3) is 0.692. The number of carbonyl (C=O) groups is 1. The molecule has 2 heterocycles. The molecule has 6 heteroatoms. The molecule has 0 radical (unpaired) electrons. The van der Waals surface area contributed by atoms with Crippen molar-refractivity contribution in [1.29, 1.82) is 0 Å². The van der Waals surface area contributed by atoms with Crippen molar-refractivity contribution in [2.45, 2.75) is 44.8 Å². The Morgan fingerprint density at radius 2 is 2.21 bits per heavy atom. The van der Waals surface area contributed by atoms with E-state index in [4.69, 9.17) is 4.74 Å². The molecule has 3 rings (SSSR count). The highest BCUT2D eigenvalue weighted by atomic mass is 32.1. The molecule has 1 N–H and O–H groups in total. The first-order chi connectivity index (χ1) is 9.06. The molecule has 2 fully saturated rings. The molecular weight excluding hydrogens is 264 g/mol. The summed E-state index contributed by atoms with van der Waals surface area (Å²) in [6.07, 6.45) is 2.30. The van der Waals surface area contributed by atoms with Crippen LogP contribution in [-0.4, -0.2) is 41.4 Å². The Morgan fingerprint density at radius 1 is 1.47 bits per heavy atom. The summed E-state index contributed by atoms with van der Waals surface area (Å²) in [7, 11) is 0. The normalized spacial score (nSPS) is 27.6. The molecule has 104 valence electrons. The van der Waals surface area contributed by atoms with Gasteiger partial charge in [-0.2, -0.15) is 0 Å². The maximum atomic E-state index is 11.3. The molecule has 1 aromatic heterocycles. The second-order valence-corrected chi connectivity index (χ2v) is 6.41. The number of aromatic nitrogens is 1. The fourth-order valence-corrected chi connectivity index (χ4v) is 3.50. The molecule has 5 nitrogen and oxygen atoms in total. The Kier molecular flexibility index (Phi) is 3.22. The number of carboxylic acids is 1. The Balaban J connectivity index is 1.91. The van der Waals surface area contributed by atoms with Crippen molar-refractivity contribution in [1.82, 2.24) is 4.98 Å². The van der Waals surface area contributed by atoms with Crippen molar-refractivity contribution in [2.75, 3.05) is 18.1 Å². The topological polar surface area (TPSA) is 62.7 Å². The highest BCUT2D eigenvalue weighted by Gasteiger charge is 2.34. The summed E-state index contributed by atoms with van der Waals surface area (Å²) in [5.74, 6) is -0.482. The summed E-state index contributed by atoms with van der Waals surface area (Å²) in [6.45, 7) is 5.57. The van der Waals surface area contributed by atoms with E-state index in [2.05, 4.69) is 16.8 Å². The number of morpholine rings is 1. The van der Waals surface area contributed by atoms with Gasteiger partial charge in [-0.05, 0) is 26.7 Å². The number of nitrogens with zero attached hydrogens (tertiary/aromatic N) is 2. The van der Waals surface area contributed by atoms with E-state index in [9.17, 15) is 9.90 Å². The first-order valence-corrected chi connectivity index (χ1v) is 7.50. The van der Waals surface area contributed by atoms with Gasteiger partial charge < -0.3 is 14.7 Å². The molecule has 2 unspecified atom stereocenters. The third-order valence-corrected chi connectivity index (χ3v) is 4.75.